The molecule has 7 nitrogen and oxygen atoms in total. The number of halogens is 3. The third-order valence-electron chi connectivity index (χ3n) is 3.71. The minimum atomic E-state index is -4.62. The van der Waals surface area contributed by atoms with Gasteiger partial charge in [-0.15, -0.1) is 11.3 Å². The number of nitrogens with one attached hydrogen (secondary N) is 2. The first kappa shape index (κ1) is 22.2. The number of hydrogen-bond donors (Lipinski definition) is 3. The molecule has 0 unspecified atom stereocenters. The van der Waals surface area contributed by atoms with E-state index in [-0.39, 0.29) is 22.3 Å². The number of hydrogen-bond acceptors (Lipinski definition) is 6. The predicted octanol–water partition coefficient (Wildman–Crippen LogP) is 0.625. The van der Waals surface area contributed by atoms with Gasteiger partial charge < -0.3 is 15.7 Å². The molecule has 1 aromatic carbocycles. The van der Waals surface area contributed by atoms with E-state index in [1.165, 1.54) is 6.20 Å². The van der Waals surface area contributed by atoms with Crippen LogP contribution in [-0.4, -0.2) is 28.3 Å². The molecule has 11 heteroatoms. The maximum absolute atomic E-state index is 12.6. The number of thiazole rings is 1. The molecule has 0 aliphatic rings. The number of aliphatic hydroxyl groups is 1. The van der Waals surface area contributed by atoms with Gasteiger partial charge in [-0.05, 0) is 24.6 Å². The van der Waals surface area contributed by atoms with Gasteiger partial charge in [-0.1, -0.05) is 12.1 Å². The van der Waals surface area contributed by atoms with Crippen molar-refractivity contribution in [3.63, 3.8) is 0 Å². The quantitative estimate of drug-likeness (QED) is 0.628. The molecule has 0 spiro atoms. The summed E-state index contributed by atoms with van der Waals surface area (Å²) in [5, 5.41) is 23.0. The minimum Gasteiger partial charge on any atom is -0.392 e. The zero-order chi connectivity index (χ0) is 21.6. The predicted molar refractivity (Wildman–Crippen MR) is 102 cm³/mol. The summed E-state index contributed by atoms with van der Waals surface area (Å²) in [6.07, 6.45) is -3.25. The molecular formula is C18H17F3N4O3S. The summed E-state index contributed by atoms with van der Waals surface area (Å²) in [5.74, 6) is -1.21. The molecule has 0 saturated heterocycles. The van der Waals surface area contributed by atoms with Crippen LogP contribution in [0.2, 0.25) is 0 Å². The van der Waals surface area contributed by atoms with Crippen molar-refractivity contribution in [3.05, 3.63) is 49.4 Å². The van der Waals surface area contributed by atoms with Crippen LogP contribution in [-0.2, 0) is 17.9 Å². The largest absolute Gasteiger partial charge is 0.405 e. The third-order valence-corrected chi connectivity index (χ3v) is 4.84. The normalized spacial score (nSPS) is 13.0. The number of amides is 1. The van der Waals surface area contributed by atoms with Gasteiger partial charge in [0.25, 0.3) is 11.5 Å². The van der Waals surface area contributed by atoms with Crippen molar-refractivity contribution in [2.75, 3.05) is 11.9 Å². The monoisotopic (exact) mass is 426 g/mol. The van der Waals surface area contributed by atoms with Crippen molar-refractivity contribution in [2.24, 2.45) is 0 Å². The summed E-state index contributed by atoms with van der Waals surface area (Å²) in [5.41, 5.74) is 0.193. The van der Waals surface area contributed by atoms with Gasteiger partial charge in [-0.3, -0.25) is 14.2 Å². The number of alkyl halides is 3. The van der Waals surface area contributed by atoms with E-state index in [9.17, 15) is 28.0 Å². The van der Waals surface area contributed by atoms with E-state index in [0.717, 1.165) is 15.9 Å². The Morgan fingerprint density at radius 2 is 2.14 bits per heavy atom. The SMILES string of the molecule is CCn1c(=C(C#N)C(=O)NCC(F)(F)F)sc(=CNc2cccc(CO)c2)c1=O. The van der Waals surface area contributed by atoms with Gasteiger partial charge in [0.05, 0.1) is 6.61 Å². The smallest absolute Gasteiger partial charge is 0.392 e. The number of carbonyl (C=O) groups is 1. The zero-order valence-electron chi connectivity index (χ0n) is 15.2. The number of anilines is 1. The van der Waals surface area contributed by atoms with Gasteiger partial charge in [-0.2, -0.15) is 18.4 Å². The number of aliphatic hydroxyl groups excluding tert-OH is 1. The summed E-state index contributed by atoms with van der Waals surface area (Å²) >= 11 is 0.816. The molecule has 2 rings (SSSR count). The highest BCUT2D eigenvalue weighted by molar-refractivity contribution is 7.07. The first-order valence-electron chi connectivity index (χ1n) is 8.35. The number of nitriles is 1. The van der Waals surface area contributed by atoms with Crippen LogP contribution in [0, 0.1) is 11.3 Å². The maximum Gasteiger partial charge on any atom is 0.405 e. The molecule has 0 aliphatic heterocycles. The fourth-order valence-electron chi connectivity index (χ4n) is 2.37. The van der Waals surface area contributed by atoms with E-state index in [1.807, 2.05) is 0 Å². The van der Waals surface area contributed by atoms with E-state index in [1.54, 1.807) is 42.6 Å². The van der Waals surface area contributed by atoms with Crippen molar-refractivity contribution >= 4 is 34.7 Å². The second kappa shape index (κ2) is 9.40. The number of carbonyl (C=O) groups excluding carboxylic acids is 1. The summed E-state index contributed by atoms with van der Waals surface area (Å²) in [7, 11) is 0. The van der Waals surface area contributed by atoms with Gasteiger partial charge in [0.1, 0.15) is 21.8 Å². The second-order valence-corrected chi connectivity index (χ2v) is 6.78. The van der Waals surface area contributed by atoms with Gasteiger partial charge in [0.2, 0.25) is 0 Å². The molecule has 0 bridgehead atoms. The highest BCUT2D eigenvalue weighted by Crippen LogP contribution is 2.12. The fourth-order valence-corrected chi connectivity index (χ4v) is 3.45. The van der Waals surface area contributed by atoms with Crippen molar-refractivity contribution in [1.82, 2.24) is 9.88 Å². The first-order chi connectivity index (χ1) is 13.7. The van der Waals surface area contributed by atoms with Crippen LogP contribution >= 0.6 is 11.3 Å². The number of benzene rings is 1. The second-order valence-electron chi connectivity index (χ2n) is 5.75. The Bertz CT molecular complexity index is 1110. The fraction of sp³-hybridized carbons (Fsp3) is 0.278. The van der Waals surface area contributed by atoms with Gasteiger partial charge >= 0.3 is 6.18 Å². The number of rotatable bonds is 6. The van der Waals surface area contributed by atoms with Crippen LogP contribution < -0.4 is 25.4 Å². The third kappa shape index (κ3) is 5.69. The molecular weight excluding hydrogens is 409 g/mol. The van der Waals surface area contributed by atoms with Crippen molar-refractivity contribution in [1.29, 1.82) is 5.26 Å². The highest BCUT2D eigenvalue weighted by atomic mass is 32.1. The number of nitrogens with zero attached hydrogens (tertiary/aromatic N) is 2. The van der Waals surface area contributed by atoms with Gasteiger partial charge in [0, 0.05) is 18.4 Å². The molecule has 0 saturated carbocycles. The van der Waals surface area contributed by atoms with E-state index in [0.29, 0.717) is 11.3 Å². The van der Waals surface area contributed by atoms with Crippen molar-refractivity contribution in [2.45, 2.75) is 26.3 Å². The van der Waals surface area contributed by atoms with Gasteiger partial charge in [-0.25, -0.2) is 0 Å². The Labute approximate surface area is 167 Å². The minimum absolute atomic E-state index is 0.0307. The van der Waals surface area contributed by atoms with Crippen LogP contribution in [0.5, 0.6) is 0 Å². The summed E-state index contributed by atoms with van der Waals surface area (Å²) < 4.78 is 38.3. The summed E-state index contributed by atoms with van der Waals surface area (Å²) in [6.45, 7) is -0.00623. The van der Waals surface area contributed by atoms with E-state index in [2.05, 4.69) is 5.32 Å². The topological polar surface area (TPSA) is 107 Å². The molecule has 0 radical (unpaired) electrons. The Hall–Kier alpha value is -3.10. The molecule has 154 valence electrons. The lowest BCUT2D eigenvalue weighted by Gasteiger charge is -2.07. The summed E-state index contributed by atoms with van der Waals surface area (Å²) in [6, 6.07) is 8.38. The van der Waals surface area contributed by atoms with Crippen molar-refractivity contribution in [3.8, 4) is 6.07 Å². The summed E-state index contributed by atoms with van der Waals surface area (Å²) in [4.78, 5) is 24.6. The highest BCUT2D eigenvalue weighted by Gasteiger charge is 2.28. The lowest BCUT2D eigenvalue weighted by atomic mass is 10.2. The maximum atomic E-state index is 12.6. The molecule has 1 heterocycles. The Kier molecular flexibility index (Phi) is 7.19. The molecule has 2 aromatic rings. The van der Waals surface area contributed by atoms with E-state index >= 15 is 0 Å². The van der Waals surface area contributed by atoms with Crippen LogP contribution in [0.4, 0.5) is 18.9 Å². The Morgan fingerprint density at radius 1 is 1.41 bits per heavy atom. The Balaban J connectivity index is 2.48. The molecule has 3 N–H and O–H groups in total. The lowest BCUT2D eigenvalue weighted by molar-refractivity contribution is -0.135. The van der Waals surface area contributed by atoms with E-state index in [4.69, 9.17) is 5.11 Å². The zero-order valence-corrected chi connectivity index (χ0v) is 16.0. The molecule has 1 amide bonds. The van der Waals surface area contributed by atoms with E-state index < -0.39 is 29.8 Å². The molecule has 0 atom stereocenters. The average molecular weight is 426 g/mol. The molecule has 29 heavy (non-hydrogen) atoms. The van der Waals surface area contributed by atoms with Crippen LogP contribution in [0.15, 0.2) is 29.1 Å². The number of aromatic nitrogens is 1. The Morgan fingerprint density at radius 3 is 2.72 bits per heavy atom. The molecule has 1 aromatic heterocycles. The average Bonchev–Trinajstić information content (AvgIpc) is 3.00. The van der Waals surface area contributed by atoms with Gasteiger partial charge in [0.15, 0.2) is 5.57 Å². The van der Waals surface area contributed by atoms with Crippen LogP contribution in [0.1, 0.15) is 12.5 Å². The lowest BCUT2D eigenvalue weighted by Crippen LogP contribution is -2.37. The standard InChI is InChI=1S/C18H17F3N4O3S/c1-2-25-16(28)14(8-23-12-5-3-4-11(6-12)9-26)29-17(25)13(7-22)15(27)24-10-18(19,20)21/h3-6,8,23,26H,2,9-10H2,1H3,(H,24,27). The molecule has 0 fully saturated rings. The van der Waals surface area contributed by atoms with Crippen LogP contribution in [0.3, 0.4) is 0 Å². The molecule has 0 aliphatic carbocycles. The van der Waals surface area contributed by atoms with Crippen molar-refractivity contribution < 1.29 is 23.1 Å². The first-order valence-corrected chi connectivity index (χ1v) is 9.17. The van der Waals surface area contributed by atoms with Crippen LogP contribution in [0.25, 0.3) is 11.8 Å².